The van der Waals surface area contributed by atoms with Crippen molar-refractivity contribution in [1.82, 2.24) is 0 Å². The van der Waals surface area contributed by atoms with Gasteiger partial charge in [-0.2, -0.15) is 0 Å². The van der Waals surface area contributed by atoms with Gasteiger partial charge in [0.15, 0.2) is 0 Å². The van der Waals surface area contributed by atoms with E-state index in [0.29, 0.717) is 16.7 Å². The van der Waals surface area contributed by atoms with E-state index < -0.39 is 5.60 Å². The van der Waals surface area contributed by atoms with E-state index in [9.17, 15) is 10.2 Å². The molecule has 0 saturated heterocycles. The molecule has 4 aliphatic carbocycles. The lowest BCUT2D eigenvalue weighted by Crippen LogP contribution is -2.50. The highest BCUT2D eigenvalue weighted by molar-refractivity contribution is 5.25. The lowest BCUT2D eigenvalue weighted by Gasteiger charge is -2.58. The molecule has 0 spiro atoms. The van der Waals surface area contributed by atoms with Gasteiger partial charge >= 0.3 is 0 Å². The van der Waals surface area contributed by atoms with Gasteiger partial charge in [-0.1, -0.05) is 44.6 Å². The summed E-state index contributed by atoms with van der Waals surface area (Å²) in [6.07, 6.45) is 17.6. The molecule has 3 saturated carbocycles. The highest BCUT2D eigenvalue weighted by atomic mass is 16.3. The first-order chi connectivity index (χ1) is 13.5. The van der Waals surface area contributed by atoms with Gasteiger partial charge in [0.05, 0.1) is 11.7 Å². The van der Waals surface area contributed by atoms with Crippen molar-refractivity contribution in [3.63, 3.8) is 0 Å². The van der Waals surface area contributed by atoms with Gasteiger partial charge < -0.3 is 10.2 Å². The van der Waals surface area contributed by atoms with Crippen molar-refractivity contribution < 1.29 is 10.2 Å². The Morgan fingerprint density at radius 2 is 1.90 bits per heavy atom. The zero-order chi connectivity index (χ0) is 21.0. The van der Waals surface area contributed by atoms with E-state index >= 15 is 0 Å². The van der Waals surface area contributed by atoms with Gasteiger partial charge in [0, 0.05) is 0 Å². The number of fused-ring (bicyclic) bond motifs is 5. The molecule has 3 fully saturated rings. The Bertz CT molecular complexity index is 671. The first kappa shape index (κ1) is 21.6. The van der Waals surface area contributed by atoms with Crippen LogP contribution in [0.25, 0.3) is 0 Å². The van der Waals surface area contributed by atoms with E-state index in [0.717, 1.165) is 42.9 Å². The fraction of sp³-hybridized carbons (Fsp3) is 0.852. The maximum atomic E-state index is 10.2. The van der Waals surface area contributed by atoms with E-state index in [1.54, 1.807) is 5.57 Å². The summed E-state index contributed by atoms with van der Waals surface area (Å²) in [6, 6.07) is 0. The maximum absolute atomic E-state index is 10.2. The first-order valence-corrected chi connectivity index (χ1v) is 12.3. The highest BCUT2D eigenvalue weighted by Gasteiger charge is 2.59. The Kier molecular flexibility index (Phi) is 5.61. The van der Waals surface area contributed by atoms with Gasteiger partial charge in [0.1, 0.15) is 0 Å². The Morgan fingerprint density at radius 1 is 1.14 bits per heavy atom. The van der Waals surface area contributed by atoms with E-state index in [-0.39, 0.29) is 6.10 Å². The third-order valence-electron chi connectivity index (χ3n) is 9.87. The molecule has 0 aliphatic heterocycles. The molecule has 0 aromatic carbocycles. The monoisotopic (exact) mass is 400 g/mol. The topological polar surface area (TPSA) is 40.5 Å². The van der Waals surface area contributed by atoms with Crippen molar-refractivity contribution in [2.75, 3.05) is 0 Å². The molecule has 0 aromatic heterocycles. The van der Waals surface area contributed by atoms with Crippen molar-refractivity contribution in [3.8, 4) is 0 Å². The lowest BCUT2D eigenvalue weighted by atomic mass is 9.47. The largest absolute Gasteiger partial charge is 0.393 e. The standard InChI is InChI=1S/C27H44O2/c1-18(7-6-14-25(2,3)29)22-10-11-23-21-9-8-19-17-20(28)12-15-26(19,4)24(21)13-16-27(22,23)5/h6,8,14,18,20-24,28-29H,7,9-13,15-17H2,1-5H3/b14-6+/t18-,20-,21-,22-,23-,24+,26-,27-/m0/s1. The molecule has 0 radical (unpaired) electrons. The van der Waals surface area contributed by atoms with Crippen LogP contribution in [0.2, 0.25) is 0 Å². The first-order valence-electron chi connectivity index (χ1n) is 12.3. The molecule has 8 atom stereocenters. The summed E-state index contributed by atoms with van der Waals surface area (Å²) in [5.74, 6) is 4.05. The van der Waals surface area contributed by atoms with Crippen molar-refractivity contribution in [2.24, 2.45) is 40.4 Å². The normalized spacial score (nSPS) is 46.0. The van der Waals surface area contributed by atoms with Crippen LogP contribution >= 0.6 is 0 Å². The SMILES string of the molecule is C[C@@H](C/C=C/C(C)(C)O)[C@@H]1CC[C@H]2[C@@H]3CC=C4C[C@@H](O)CC[C@]4(C)[C@@H]3CC[C@]21C. The van der Waals surface area contributed by atoms with Crippen LogP contribution in [0.4, 0.5) is 0 Å². The predicted molar refractivity (Wildman–Crippen MR) is 120 cm³/mol. The third-order valence-corrected chi connectivity index (χ3v) is 9.87. The number of allylic oxidation sites excluding steroid dienone is 2. The summed E-state index contributed by atoms with van der Waals surface area (Å²) in [6.45, 7) is 11.3. The van der Waals surface area contributed by atoms with Crippen molar-refractivity contribution in [2.45, 2.75) is 104 Å². The average Bonchev–Trinajstić information content (AvgIpc) is 2.98. The van der Waals surface area contributed by atoms with Crippen molar-refractivity contribution in [1.29, 1.82) is 0 Å². The zero-order valence-electron chi connectivity index (χ0n) is 19.5. The molecule has 29 heavy (non-hydrogen) atoms. The van der Waals surface area contributed by atoms with Crippen molar-refractivity contribution in [3.05, 3.63) is 23.8 Å². The molecule has 164 valence electrons. The fourth-order valence-corrected chi connectivity index (χ4v) is 8.35. The van der Waals surface area contributed by atoms with Gasteiger partial charge in [-0.05, 0) is 112 Å². The number of aliphatic hydroxyl groups excluding tert-OH is 1. The Hall–Kier alpha value is -0.600. The van der Waals surface area contributed by atoms with Crippen molar-refractivity contribution >= 4 is 0 Å². The lowest BCUT2D eigenvalue weighted by molar-refractivity contribution is -0.0565. The second kappa shape index (κ2) is 7.52. The summed E-state index contributed by atoms with van der Waals surface area (Å²) in [4.78, 5) is 0. The zero-order valence-corrected chi connectivity index (χ0v) is 19.5. The van der Waals surface area contributed by atoms with Crippen LogP contribution in [0.3, 0.4) is 0 Å². The molecule has 0 aromatic rings. The van der Waals surface area contributed by atoms with Gasteiger partial charge in [0.25, 0.3) is 0 Å². The molecule has 2 heteroatoms. The number of aliphatic hydroxyl groups is 2. The van der Waals surface area contributed by atoms with Gasteiger partial charge in [0.2, 0.25) is 0 Å². The average molecular weight is 401 g/mol. The molecule has 0 unspecified atom stereocenters. The molecule has 0 heterocycles. The van der Waals surface area contributed by atoms with E-state index in [1.807, 2.05) is 19.9 Å². The number of hydrogen-bond acceptors (Lipinski definition) is 2. The maximum Gasteiger partial charge on any atom is 0.0771 e. The Labute approximate surface area is 178 Å². The highest BCUT2D eigenvalue weighted by Crippen LogP contribution is 2.67. The minimum Gasteiger partial charge on any atom is -0.393 e. The summed E-state index contributed by atoms with van der Waals surface area (Å²) in [5.41, 5.74) is 1.72. The van der Waals surface area contributed by atoms with E-state index in [1.165, 1.54) is 38.5 Å². The molecule has 0 bridgehead atoms. The number of rotatable bonds is 4. The fourth-order valence-electron chi connectivity index (χ4n) is 8.35. The minimum atomic E-state index is -0.699. The smallest absolute Gasteiger partial charge is 0.0771 e. The van der Waals surface area contributed by atoms with Crippen LogP contribution in [0.15, 0.2) is 23.8 Å². The van der Waals surface area contributed by atoms with Crippen LogP contribution in [0.5, 0.6) is 0 Å². The molecular formula is C27H44O2. The summed E-state index contributed by atoms with van der Waals surface area (Å²) < 4.78 is 0. The van der Waals surface area contributed by atoms with E-state index in [2.05, 4.69) is 32.9 Å². The van der Waals surface area contributed by atoms with E-state index in [4.69, 9.17) is 0 Å². The quantitative estimate of drug-likeness (QED) is 0.545. The minimum absolute atomic E-state index is 0.103. The van der Waals surface area contributed by atoms with Crippen LogP contribution in [0.1, 0.15) is 92.4 Å². The number of hydrogen-bond donors (Lipinski definition) is 2. The van der Waals surface area contributed by atoms with Crippen LogP contribution < -0.4 is 0 Å². The Morgan fingerprint density at radius 3 is 2.62 bits per heavy atom. The van der Waals surface area contributed by atoms with Gasteiger partial charge in [-0.15, -0.1) is 0 Å². The van der Waals surface area contributed by atoms with Gasteiger partial charge in [-0.3, -0.25) is 0 Å². The molecule has 2 N–H and O–H groups in total. The molecule has 2 nitrogen and oxygen atoms in total. The third kappa shape index (κ3) is 3.78. The van der Waals surface area contributed by atoms with Crippen LogP contribution in [0, 0.1) is 40.4 Å². The van der Waals surface area contributed by atoms with Crippen LogP contribution in [-0.4, -0.2) is 21.9 Å². The predicted octanol–water partition coefficient (Wildman–Crippen LogP) is 6.28. The summed E-state index contributed by atoms with van der Waals surface area (Å²) in [5, 5.41) is 20.2. The second-order valence-corrected chi connectivity index (χ2v) is 12.2. The van der Waals surface area contributed by atoms with Crippen LogP contribution in [-0.2, 0) is 0 Å². The molecule has 0 amide bonds. The second-order valence-electron chi connectivity index (χ2n) is 12.2. The summed E-state index contributed by atoms with van der Waals surface area (Å²) in [7, 11) is 0. The Balaban J connectivity index is 1.51. The molecule has 4 rings (SSSR count). The molecular weight excluding hydrogens is 356 g/mol. The van der Waals surface area contributed by atoms with Gasteiger partial charge in [-0.25, -0.2) is 0 Å². The molecule has 4 aliphatic rings. The summed E-state index contributed by atoms with van der Waals surface area (Å²) >= 11 is 0.